The fourth-order valence-electron chi connectivity index (χ4n) is 1.76. The zero-order valence-corrected chi connectivity index (χ0v) is 11.2. The molecule has 0 spiro atoms. The molecule has 3 heteroatoms. The average Bonchev–Trinajstić information content (AvgIpc) is 2.80. The molecular formula is C13H24N2S. The first-order valence-electron chi connectivity index (χ1n) is 6.57. The summed E-state index contributed by atoms with van der Waals surface area (Å²) in [6.07, 6.45) is 12.9. The smallest absolute Gasteiger partial charge is 0.182 e. The Kier molecular flexibility index (Phi) is 8.13. The second kappa shape index (κ2) is 9.64. The molecule has 0 radical (unpaired) electrons. The molecule has 0 aliphatic carbocycles. The third-order valence-corrected chi connectivity index (χ3v) is 3.47. The van der Waals surface area contributed by atoms with Gasteiger partial charge in [0, 0.05) is 18.1 Å². The summed E-state index contributed by atoms with van der Waals surface area (Å²) in [5.74, 6) is 0. The molecular weight excluding hydrogens is 216 g/mol. The van der Waals surface area contributed by atoms with Crippen LogP contribution < -0.4 is 5.32 Å². The zero-order chi connectivity index (χ0) is 11.5. The Bertz CT molecular complexity index is 234. The predicted octanol–water partition coefficient (Wildman–Crippen LogP) is 4.70. The summed E-state index contributed by atoms with van der Waals surface area (Å²) in [7, 11) is 0. The predicted molar refractivity (Wildman–Crippen MR) is 73.2 cm³/mol. The fourth-order valence-corrected chi connectivity index (χ4v) is 2.32. The molecule has 2 nitrogen and oxygen atoms in total. The van der Waals surface area contributed by atoms with Crippen LogP contribution in [0.5, 0.6) is 0 Å². The number of aromatic nitrogens is 1. The molecule has 1 rings (SSSR count). The minimum absolute atomic E-state index is 1.06. The standard InChI is InChI=1S/C13H24N2S/c1-2-3-4-5-6-7-8-9-10-14-13-15-11-12-16-13/h11-12H,2-10H2,1H3,(H,14,15). The number of nitrogens with zero attached hydrogens (tertiary/aromatic N) is 1. The number of hydrogen-bond donors (Lipinski definition) is 1. The third-order valence-electron chi connectivity index (χ3n) is 2.74. The maximum Gasteiger partial charge on any atom is 0.182 e. The first-order chi connectivity index (χ1) is 7.93. The number of nitrogens with one attached hydrogen (secondary N) is 1. The van der Waals surface area contributed by atoms with Gasteiger partial charge in [0.1, 0.15) is 0 Å². The van der Waals surface area contributed by atoms with Gasteiger partial charge in [-0.1, -0.05) is 51.9 Å². The summed E-state index contributed by atoms with van der Waals surface area (Å²) in [4.78, 5) is 4.19. The van der Waals surface area contributed by atoms with E-state index in [1.54, 1.807) is 11.3 Å². The van der Waals surface area contributed by atoms with Crippen LogP contribution in [0.4, 0.5) is 5.13 Å². The summed E-state index contributed by atoms with van der Waals surface area (Å²) >= 11 is 1.68. The molecule has 0 amide bonds. The van der Waals surface area contributed by atoms with Crippen molar-refractivity contribution >= 4 is 16.5 Å². The van der Waals surface area contributed by atoms with Crippen LogP contribution in [0.1, 0.15) is 58.3 Å². The monoisotopic (exact) mass is 240 g/mol. The molecule has 0 aliphatic heterocycles. The third kappa shape index (κ3) is 6.83. The summed E-state index contributed by atoms with van der Waals surface area (Å²) in [6, 6.07) is 0. The van der Waals surface area contributed by atoms with Gasteiger partial charge in [-0.05, 0) is 6.42 Å². The van der Waals surface area contributed by atoms with E-state index in [4.69, 9.17) is 0 Å². The first-order valence-corrected chi connectivity index (χ1v) is 7.45. The van der Waals surface area contributed by atoms with Crippen molar-refractivity contribution < 1.29 is 0 Å². The summed E-state index contributed by atoms with van der Waals surface area (Å²) in [5, 5.41) is 6.41. The van der Waals surface area contributed by atoms with Crippen molar-refractivity contribution in [3.63, 3.8) is 0 Å². The normalized spacial score (nSPS) is 10.6. The SMILES string of the molecule is CCCCCCCCCCNc1nccs1. The minimum atomic E-state index is 1.06. The van der Waals surface area contributed by atoms with E-state index in [2.05, 4.69) is 17.2 Å². The Balaban J connectivity index is 1.78. The van der Waals surface area contributed by atoms with E-state index < -0.39 is 0 Å². The van der Waals surface area contributed by atoms with Gasteiger partial charge in [-0.2, -0.15) is 0 Å². The molecule has 0 saturated carbocycles. The second-order valence-corrected chi connectivity index (χ2v) is 5.13. The molecule has 1 aromatic rings. The summed E-state index contributed by atoms with van der Waals surface area (Å²) in [5.41, 5.74) is 0. The number of rotatable bonds is 10. The number of hydrogen-bond acceptors (Lipinski definition) is 3. The largest absolute Gasteiger partial charge is 0.362 e. The quantitative estimate of drug-likeness (QED) is 0.600. The van der Waals surface area contributed by atoms with E-state index >= 15 is 0 Å². The Morgan fingerprint density at radius 3 is 2.38 bits per heavy atom. The van der Waals surface area contributed by atoms with E-state index in [9.17, 15) is 0 Å². The van der Waals surface area contributed by atoms with Crippen molar-refractivity contribution in [2.75, 3.05) is 11.9 Å². The van der Waals surface area contributed by atoms with Gasteiger partial charge in [0.05, 0.1) is 0 Å². The number of thiazole rings is 1. The van der Waals surface area contributed by atoms with E-state index in [1.165, 1.54) is 51.4 Å². The molecule has 0 saturated heterocycles. The van der Waals surface area contributed by atoms with Crippen LogP contribution in [0.25, 0.3) is 0 Å². The van der Waals surface area contributed by atoms with Crippen molar-refractivity contribution in [2.45, 2.75) is 58.3 Å². The van der Waals surface area contributed by atoms with E-state index in [0.717, 1.165) is 11.7 Å². The molecule has 1 heterocycles. The van der Waals surface area contributed by atoms with Gasteiger partial charge >= 0.3 is 0 Å². The summed E-state index contributed by atoms with van der Waals surface area (Å²) < 4.78 is 0. The van der Waals surface area contributed by atoms with E-state index in [0.29, 0.717) is 0 Å². The van der Waals surface area contributed by atoms with Crippen molar-refractivity contribution in [3.8, 4) is 0 Å². The van der Waals surface area contributed by atoms with Gasteiger partial charge in [0.25, 0.3) is 0 Å². The van der Waals surface area contributed by atoms with Crippen molar-refractivity contribution in [2.24, 2.45) is 0 Å². The molecule has 0 aliphatic rings. The molecule has 0 fully saturated rings. The lowest BCUT2D eigenvalue weighted by Gasteiger charge is -2.02. The minimum Gasteiger partial charge on any atom is -0.362 e. The van der Waals surface area contributed by atoms with Crippen molar-refractivity contribution in [1.29, 1.82) is 0 Å². The fraction of sp³-hybridized carbons (Fsp3) is 0.769. The molecule has 16 heavy (non-hydrogen) atoms. The van der Waals surface area contributed by atoms with Crippen LogP contribution in [0.15, 0.2) is 11.6 Å². The lowest BCUT2D eigenvalue weighted by Crippen LogP contribution is -2.00. The van der Waals surface area contributed by atoms with Crippen LogP contribution in [-0.4, -0.2) is 11.5 Å². The van der Waals surface area contributed by atoms with Gasteiger partial charge in [-0.25, -0.2) is 4.98 Å². The maximum absolute atomic E-state index is 4.19. The van der Waals surface area contributed by atoms with Crippen LogP contribution >= 0.6 is 11.3 Å². The average molecular weight is 240 g/mol. The molecule has 0 atom stereocenters. The first kappa shape index (κ1) is 13.5. The molecule has 92 valence electrons. The van der Waals surface area contributed by atoms with Crippen molar-refractivity contribution in [3.05, 3.63) is 11.6 Å². The number of anilines is 1. The highest BCUT2D eigenvalue weighted by atomic mass is 32.1. The molecule has 0 bridgehead atoms. The molecule has 1 aromatic heterocycles. The zero-order valence-electron chi connectivity index (χ0n) is 10.4. The Morgan fingerprint density at radius 1 is 1.06 bits per heavy atom. The van der Waals surface area contributed by atoms with Gasteiger partial charge in [0.15, 0.2) is 5.13 Å². The van der Waals surface area contributed by atoms with Crippen LogP contribution in [-0.2, 0) is 0 Å². The van der Waals surface area contributed by atoms with Crippen molar-refractivity contribution in [1.82, 2.24) is 4.98 Å². The van der Waals surface area contributed by atoms with Gasteiger partial charge < -0.3 is 5.32 Å². The lowest BCUT2D eigenvalue weighted by atomic mass is 10.1. The highest BCUT2D eigenvalue weighted by Crippen LogP contribution is 2.11. The highest BCUT2D eigenvalue weighted by molar-refractivity contribution is 7.13. The van der Waals surface area contributed by atoms with Gasteiger partial charge in [-0.15, -0.1) is 11.3 Å². The van der Waals surface area contributed by atoms with E-state index in [-0.39, 0.29) is 0 Å². The Morgan fingerprint density at radius 2 is 1.75 bits per heavy atom. The van der Waals surface area contributed by atoms with Gasteiger partial charge in [-0.3, -0.25) is 0 Å². The topological polar surface area (TPSA) is 24.9 Å². The van der Waals surface area contributed by atoms with Gasteiger partial charge in [0.2, 0.25) is 0 Å². The maximum atomic E-state index is 4.19. The molecule has 0 aromatic carbocycles. The molecule has 0 unspecified atom stereocenters. The second-order valence-electron chi connectivity index (χ2n) is 4.24. The Labute approximate surface area is 103 Å². The summed E-state index contributed by atoms with van der Waals surface area (Å²) in [6.45, 7) is 3.34. The Hall–Kier alpha value is -0.570. The van der Waals surface area contributed by atoms with Crippen LogP contribution in [0.2, 0.25) is 0 Å². The lowest BCUT2D eigenvalue weighted by molar-refractivity contribution is 0.581. The highest BCUT2D eigenvalue weighted by Gasteiger charge is 1.94. The molecule has 1 N–H and O–H groups in total. The number of unbranched alkanes of at least 4 members (excludes halogenated alkanes) is 7. The van der Waals surface area contributed by atoms with Crippen LogP contribution in [0.3, 0.4) is 0 Å². The van der Waals surface area contributed by atoms with E-state index in [1.807, 2.05) is 11.6 Å². The van der Waals surface area contributed by atoms with Crippen LogP contribution in [0, 0.1) is 0 Å².